The van der Waals surface area contributed by atoms with Gasteiger partial charge >= 0.3 is 12.1 Å². The van der Waals surface area contributed by atoms with E-state index in [2.05, 4.69) is 10.6 Å². The molecule has 0 spiro atoms. The predicted octanol–water partition coefficient (Wildman–Crippen LogP) is 3.98. The van der Waals surface area contributed by atoms with Crippen molar-refractivity contribution in [3.63, 3.8) is 0 Å². The Kier molecular flexibility index (Phi) is 11.4. The second-order valence-electron chi connectivity index (χ2n) is 11.6. The van der Waals surface area contributed by atoms with Crippen LogP contribution in [0.2, 0.25) is 0 Å². The number of carbonyl (C=O) groups is 4. The number of nitrogens with one attached hydrogen (secondary N) is 2. The highest BCUT2D eigenvalue weighted by Crippen LogP contribution is 2.25. The standard InChI is InChI=1S/C31H40N4O6/c1-21-13-11-12-16-23(21)26(35(18-17-32)25(36)20-33-29(39)41-31(5,6)7)27(37)34-24(28(38)40-30(2,3)4)19-22-14-9-8-10-15-22/h8-16,24,26H,18-20H2,1-7H3,(H,33,39)(H,34,37). The number of nitrogens with zero attached hydrogens (tertiary/aromatic N) is 2. The van der Waals surface area contributed by atoms with Gasteiger partial charge in [-0.3, -0.25) is 9.59 Å². The van der Waals surface area contributed by atoms with E-state index in [4.69, 9.17) is 9.47 Å². The number of rotatable bonds is 10. The van der Waals surface area contributed by atoms with Crippen molar-refractivity contribution >= 4 is 23.9 Å². The molecule has 0 aliphatic heterocycles. The summed E-state index contributed by atoms with van der Waals surface area (Å²) in [4.78, 5) is 53.8. The van der Waals surface area contributed by atoms with Crippen LogP contribution in [0.25, 0.3) is 0 Å². The van der Waals surface area contributed by atoms with Crippen molar-refractivity contribution in [3.8, 4) is 6.07 Å². The number of amides is 3. The van der Waals surface area contributed by atoms with Gasteiger partial charge in [0, 0.05) is 6.42 Å². The predicted molar refractivity (Wildman–Crippen MR) is 153 cm³/mol. The van der Waals surface area contributed by atoms with Crippen molar-refractivity contribution < 1.29 is 28.7 Å². The van der Waals surface area contributed by atoms with Gasteiger partial charge in [0.15, 0.2) is 0 Å². The highest BCUT2D eigenvalue weighted by atomic mass is 16.6. The van der Waals surface area contributed by atoms with E-state index in [0.29, 0.717) is 11.1 Å². The van der Waals surface area contributed by atoms with Gasteiger partial charge in [-0.25, -0.2) is 9.59 Å². The molecule has 0 saturated heterocycles. The molecule has 2 unspecified atom stereocenters. The number of ether oxygens (including phenoxy) is 2. The van der Waals surface area contributed by atoms with Gasteiger partial charge in [-0.1, -0.05) is 54.6 Å². The smallest absolute Gasteiger partial charge is 0.408 e. The van der Waals surface area contributed by atoms with Gasteiger partial charge < -0.3 is 25.0 Å². The lowest BCUT2D eigenvalue weighted by Crippen LogP contribution is -2.52. The molecule has 0 radical (unpaired) electrons. The molecule has 2 aromatic carbocycles. The molecule has 0 fully saturated rings. The lowest BCUT2D eigenvalue weighted by molar-refractivity contribution is -0.159. The molecule has 41 heavy (non-hydrogen) atoms. The number of nitriles is 1. The molecule has 2 atom stereocenters. The Balaban J connectivity index is 2.44. The Morgan fingerprint density at radius 2 is 1.49 bits per heavy atom. The Morgan fingerprint density at radius 1 is 0.902 bits per heavy atom. The summed E-state index contributed by atoms with van der Waals surface area (Å²) in [5.41, 5.74) is 0.373. The number of carbonyl (C=O) groups excluding carboxylic acids is 4. The zero-order valence-corrected chi connectivity index (χ0v) is 24.8. The zero-order valence-electron chi connectivity index (χ0n) is 24.8. The first kappa shape index (κ1) is 32.8. The lowest BCUT2D eigenvalue weighted by atomic mass is 9.97. The van der Waals surface area contributed by atoms with Crippen LogP contribution in [0.1, 0.15) is 64.3 Å². The lowest BCUT2D eigenvalue weighted by Gasteiger charge is -2.32. The number of aryl methyl sites for hydroxylation is 1. The van der Waals surface area contributed by atoms with Crippen molar-refractivity contribution in [2.75, 3.05) is 13.1 Å². The van der Waals surface area contributed by atoms with Crippen molar-refractivity contribution in [1.82, 2.24) is 15.5 Å². The Bertz CT molecular complexity index is 1260. The molecule has 0 saturated carbocycles. The Hall–Kier alpha value is -4.39. The normalized spacial score (nSPS) is 12.7. The molecule has 10 nitrogen and oxygen atoms in total. The Labute approximate surface area is 242 Å². The summed E-state index contributed by atoms with van der Waals surface area (Å²) in [5.74, 6) is -1.99. The van der Waals surface area contributed by atoms with E-state index < -0.39 is 60.3 Å². The SMILES string of the molecule is Cc1ccccc1C(C(=O)NC(Cc1ccccc1)C(=O)OC(C)(C)C)N(CC#N)C(=O)CNC(=O)OC(C)(C)C. The highest BCUT2D eigenvalue weighted by Gasteiger charge is 2.36. The molecular formula is C31H40N4O6. The molecule has 0 heterocycles. The molecule has 0 aliphatic carbocycles. The van der Waals surface area contributed by atoms with E-state index in [9.17, 15) is 24.4 Å². The third-order valence-corrected chi connectivity index (χ3v) is 5.68. The van der Waals surface area contributed by atoms with E-state index in [-0.39, 0.29) is 6.42 Å². The number of hydrogen-bond donors (Lipinski definition) is 2. The number of benzene rings is 2. The van der Waals surface area contributed by atoms with Crippen LogP contribution in [0.4, 0.5) is 4.79 Å². The summed E-state index contributed by atoms with van der Waals surface area (Å²) in [5, 5.41) is 14.8. The fourth-order valence-electron chi connectivity index (χ4n) is 3.97. The maximum absolute atomic E-state index is 14.0. The molecule has 2 N–H and O–H groups in total. The van der Waals surface area contributed by atoms with Crippen LogP contribution in [-0.2, 0) is 30.3 Å². The summed E-state index contributed by atoms with van der Waals surface area (Å²) in [6, 6.07) is 15.7. The average Bonchev–Trinajstić information content (AvgIpc) is 2.86. The molecule has 0 aliphatic rings. The molecule has 2 rings (SSSR count). The van der Waals surface area contributed by atoms with Crippen molar-refractivity contribution in [2.45, 2.75) is 78.2 Å². The van der Waals surface area contributed by atoms with E-state index in [1.165, 1.54) is 0 Å². The largest absolute Gasteiger partial charge is 0.458 e. The number of alkyl carbamates (subject to hydrolysis) is 1. The number of esters is 1. The van der Waals surface area contributed by atoms with E-state index in [1.54, 1.807) is 72.7 Å². The second kappa shape index (κ2) is 14.3. The first-order chi connectivity index (χ1) is 19.1. The summed E-state index contributed by atoms with van der Waals surface area (Å²) < 4.78 is 10.8. The number of hydrogen-bond acceptors (Lipinski definition) is 7. The van der Waals surface area contributed by atoms with Crippen LogP contribution < -0.4 is 10.6 Å². The second-order valence-corrected chi connectivity index (χ2v) is 11.6. The van der Waals surface area contributed by atoms with Crippen molar-refractivity contribution in [3.05, 3.63) is 71.3 Å². The quantitative estimate of drug-likeness (QED) is 0.329. The van der Waals surface area contributed by atoms with Crippen LogP contribution in [0.3, 0.4) is 0 Å². The van der Waals surface area contributed by atoms with Gasteiger partial charge in [-0.15, -0.1) is 0 Å². The third kappa shape index (κ3) is 11.0. The van der Waals surface area contributed by atoms with Crippen LogP contribution in [0.15, 0.2) is 54.6 Å². The molecule has 0 bridgehead atoms. The van der Waals surface area contributed by atoms with Gasteiger partial charge in [0.2, 0.25) is 11.8 Å². The molecule has 10 heteroatoms. The monoisotopic (exact) mass is 564 g/mol. The van der Waals surface area contributed by atoms with Crippen LogP contribution in [0, 0.1) is 18.3 Å². The first-order valence-corrected chi connectivity index (χ1v) is 13.4. The van der Waals surface area contributed by atoms with Crippen LogP contribution >= 0.6 is 0 Å². The minimum atomic E-state index is -1.27. The first-order valence-electron chi connectivity index (χ1n) is 13.4. The molecule has 2 aromatic rings. The van der Waals surface area contributed by atoms with E-state index in [1.807, 2.05) is 36.4 Å². The molecular weight excluding hydrogens is 524 g/mol. The molecule has 3 amide bonds. The van der Waals surface area contributed by atoms with Gasteiger partial charge in [0.25, 0.3) is 0 Å². The van der Waals surface area contributed by atoms with Crippen molar-refractivity contribution in [2.24, 2.45) is 0 Å². The molecule has 220 valence electrons. The van der Waals surface area contributed by atoms with Gasteiger partial charge in [0.1, 0.15) is 36.4 Å². The van der Waals surface area contributed by atoms with Gasteiger partial charge in [0.05, 0.1) is 6.07 Å². The fourth-order valence-corrected chi connectivity index (χ4v) is 3.97. The average molecular weight is 565 g/mol. The van der Waals surface area contributed by atoms with Crippen LogP contribution in [-0.4, -0.2) is 59.1 Å². The fraction of sp³-hybridized carbons (Fsp3) is 0.452. The summed E-state index contributed by atoms with van der Waals surface area (Å²) in [7, 11) is 0. The van der Waals surface area contributed by atoms with Crippen LogP contribution in [0.5, 0.6) is 0 Å². The minimum absolute atomic E-state index is 0.147. The topological polar surface area (TPSA) is 138 Å². The maximum Gasteiger partial charge on any atom is 0.408 e. The summed E-state index contributed by atoms with van der Waals surface area (Å²) in [6.45, 7) is 11.1. The zero-order chi connectivity index (χ0) is 30.8. The molecule has 0 aromatic heterocycles. The highest BCUT2D eigenvalue weighted by molar-refractivity contribution is 5.93. The minimum Gasteiger partial charge on any atom is -0.458 e. The maximum atomic E-state index is 14.0. The van der Waals surface area contributed by atoms with E-state index in [0.717, 1.165) is 10.5 Å². The van der Waals surface area contributed by atoms with Crippen molar-refractivity contribution in [1.29, 1.82) is 5.26 Å². The van der Waals surface area contributed by atoms with Gasteiger partial charge in [-0.2, -0.15) is 5.26 Å². The summed E-state index contributed by atoms with van der Waals surface area (Å²) in [6.07, 6.45) is -0.665. The van der Waals surface area contributed by atoms with E-state index >= 15 is 0 Å². The third-order valence-electron chi connectivity index (χ3n) is 5.68. The Morgan fingerprint density at radius 3 is 2.05 bits per heavy atom. The summed E-state index contributed by atoms with van der Waals surface area (Å²) >= 11 is 0. The van der Waals surface area contributed by atoms with Gasteiger partial charge in [-0.05, 0) is 65.2 Å².